The molecule has 3 rings (SSSR count). The average molecular weight is 515 g/mol. The highest BCUT2D eigenvalue weighted by atomic mass is 32.2. The molecule has 10 heteroatoms. The van der Waals surface area contributed by atoms with Crippen LogP contribution in [0.4, 0.5) is 5.69 Å². The zero-order valence-electron chi connectivity index (χ0n) is 21.0. The van der Waals surface area contributed by atoms with Crippen molar-refractivity contribution < 1.29 is 22.7 Å². The number of rotatable bonds is 10. The maximum atomic E-state index is 12.4. The standard InChI is InChI=1S/C26H34N4O5S/c1-19-9-12-23(15-20(19)2)30(36(3,33)34)17-25(31)29-27-16-21-10-13-24(14-11-21)35-18-26(32)28-22-7-5-4-6-8-22/h9-16,22H,4-8,17-18H2,1-3H3,(H,28,32)(H,29,31)/b27-16-. The molecule has 194 valence electrons. The molecule has 0 spiro atoms. The number of hydrazone groups is 1. The average Bonchev–Trinajstić information content (AvgIpc) is 2.84. The first kappa shape index (κ1) is 27.2. The fourth-order valence-corrected chi connectivity index (χ4v) is 4.79. The van der Waals surface area contributed by atoms with Gasteiger partial charge in [0.2, 0.25) is 10.0 Å². The first-order chi connectivity index (χ1) is 17.1. The van der Waals surface area contributed by atoms with E-state index in [2.05, 4.69) is 15.8 Å². The summed E-state index contributed by atoms with van der Waals surface area (Å²) >= 11 is 0. The molecule has 2 N–H and O–H groups in total. The predicted molar refractivity (Wildman–Crippen MR) is 141 cm³/mol. The number of ether oxygens (including phenoxy) is 1. The number of sulfonamides is 1. The van der Waals surface area contributed by atoms with E-state index in [0.29, 0.717) is 17.0 Å². The van der Waals surface area contributed by atoms with Gasteiger partial charge in [-0.25, -0.2) is 13.8 Å². The van der Waals surface area contributed by atoms with Crippen LogP contribution in [-0.4, -0.2) is 51.9 Å². The molecule has 36 heavy (non-hydrogen) atoms. The molecule has 0 aromatic heterocycles. The minimum absolute atomic E-state index is 0.0443. The lowest BCUT2D eigenvalue weighted by molar-refractivity contribution is -0.124. The quantitative estimate of drug-likeness (QED) is 0.373. The lowest BCUT2D eigenvalue weighted by Gasteiger charge is -2.22. The fourth-order valence-electron chi connectivity index (χ4n) is 3.94. The van der Waals surface area contributed by atoms with Gasteiger partial charge in [0.1, 0.15) is 12.3 Å². The molecule has 1 fully saturated rings. The van der Waals surface area contributed by atoms with Crippen molar-refractivity contribution in [1.82, 2.24) is 10.7 Å². The van der Waals surface area contributed by atoms with Crippen molar-refractivity contribution in [3.05, 3.63) is 59.2 Å². The van der Waals surface area contributed by atoms with Crippen LogP contribution < -0.4 is 19.8 Å². The normalized spacial score (nSPS) is 14.4. The van der Waals surface area contributed by atoms with E-state index in [1.54, 1.807) is 36.4 Å². The van der Waals surface area contributed by atoms with E-state index in [9.17, 15) is 18.0 Å². The zero-order valence-corrected chi connectivity index (χ0v) is 21.8. The Bertz CT molecular complexity index is 1190. The first-order valence-electron chi connectivity index (χ1n) is 12.0. The number of nitrogens with one attached hydrogen (secondary N) is 2. The SMILES string of the molecule is Cc1ccc(N(CC(=O)N/N=C\c2ccc(OCC(=O)NC3CCCCC3)cc2)S(C)(=O)=O)cc1C. The smallest absolute Gasteiger partial charge is 0.260 e. The number of aryl methyl sites for hydroxylation is 2. The zero-order chi connectivity index (χ0) is 26.1. The minimum atomic E-state index is -3.67. The highest BCUT2D eigenvalue weighted by Crippen LogP contribution is 2.21. The number of hydrogen-bond donors (Lipinski definition) is 2. The summed E-state index contributed by atoms with van der Waals surface area (Å²) in [6.45, 7) is 3.37. The molecule has 2 amide bonds. The van der Waals surface area contributed by atoms with E-state index in [1.807, 2.05) is 19.9 Å². The number of anilines is 1. The maximum absolute atomic E-state index is 12.4. The second-order valence-electron chi connectivity index (χ2n) is 9.09. The molecule has 0 unspecified atom stereocenters. The summed E-state index contributed by atoms with van der Waals surface area (Å²) in [6.07, 6.45) is 8.08. The molecule has 0 heterocycles. The van der Waals surface area contributed by atoms with Crippen molar-refractivity contribution in [3.8, 4) is 5.75 Å². The summed E-state index contributed by atoms with van der Waals surface area (Å²) in [7, 11) is -3.67. The molecule has 0 aliphatic heterocycles. The summed E-state index contributed by atoms with van der Waals surface area (Å²) in [4.78, 5) is 24.5. The molecule has 1 aliphatic carbocycles. The number of hydrogen-bond acceptors (Lipinski definition) is 6. The van der Waals surface area contributed by atoms with Gasteiger partial charge in [0.05, 0.1) is 18.2 Å². The predicted octanol–water partition coefficient (Wildman–Crippen LogP) is 3.05. The highest BCUT2D eigenvalue weighted by Gasteiger charge is 2.21. The Hall–Kier alpha value is -3.40. The Morgan fingerprint density at radius 1 is 1.03 bits per heavy atom. The van der Waals surface area contributed by atoms with Gasteiger partial charge in [0, 0.05) is 6.04 Å². The van der Waals surface area contributed by atoms with Crippen molar-refractivity contribution in [2.24, 2.45) is 5.10 Å². The van der Waals surface area contributed by atoms with Gasteiger partial charge in [-0.05, 0) is 79.8 Å². The summed E-state index contributed by atoms with van der Waals surface area (Å²) in [5.74, 6) is -0.148. The molecule has 2 aromatic rings. The van der Waals surface area contributed by atoms with E-state index < -0.39 is 22.5 Å². The first-order valence-corrected chi connectivity index (χ1v) is 13.9. The van der Waals surface area contributed by atoms with Gasteiger partial charge in [-0.1, -0.05) is 25.3 Å². The van der Waals surface area contributed by atoms with E-state index in [4.69, 9.17) is 4.74 Å². The van der Waals surface area contributed by atoms with Crippen LogP contribution >= 0.6 is 0 Å². The number of nitrogens with zero attached hydrogens (tertiary/aromatic N) is 2. The van der Waals surface area contributed by atoms with E-state index >= 15 is 0 Å². The summed E-state index contributed by atoms with van der Waals surface area (Å²) in [5, 5.41) is 6.93. The van der Waals surface area contributed by atoms with Crippen molar-refractivity contribution >= 4 is 33.7 Å². The van der Waals surface area contributed by atoms with Crippen LogP contribution in [0.2, 0.25) is 0 Å². The second kappa shape index (κ2) is 12.5. The monoisotopic (exact) mass is 514 g/mol. The van der Waals surface area contributed by atoms with Crippen LogP contribution in [-0.2, 0) is 19.6 Å². The Kier molecular flexibility index (Phi) is 9.46. The molecular formula is C26H34N4O5S. The van der Waals surface area contributed by atoms with Gasteiger partial charge in [-0.15, -0.1) is 0 Å². The number of carbonyl (C=O) groups is 2. The lowest BCUT2D eigenvalue weighted by atomic mass is 9.95. The third kappa shape index (κ3) is 8.37. The molecule has 0 bridgehead atoms. The molecular weight excluding hydrogens is 480 g/mol. The van der Waals surface area contributed by atoms with Crippen molar-refractivity contribution in [3.63, 3.8) is 0 Å². The van der Waals surface area contributed by atoms with Gasteiger partial charge in [-0.2, -0.15) is 5.10 Å². The topological polar surface area (TPSA) is 117 Å². The third-order valence-electron chi connectivity index (χ3n) is 6.09. The van der Waals surface area contributed by atoms with Crippen molar-refractivity contribution in [2.45, 2.75) is 52.0 Å². The summed E-state index contributed by atoms with van der Waals surface area (Å²) < 4.78 is 31.1. The Morgan fingerprint density at radius 2 is 1.72 bits per heavy atom. The maximum Gasteiger partial charge on any atom is 0.260 e. The van der Waals surface area contributed by atoms with Crippen molar-refractivity contribution in [2.75, 3.05) is 23.7 Å². The van der Waals surface area contributed by atoms with Crippen molar-refractivity contribution in [1.29, 1.82) is 0 Å². The van der Waals surface area contributed by atoms with Crippen LogP contribution in [0, 0.1) is 13.8 Å². The van der Waals surface area contributed by atoms with Gasteiger partial charge >= 0.3 is 0 Å². The van der Waals surface area contributed by atoms with Crippen LogP contribution in [0.3, 0.4) is 0 Å². The molecule has 0 atom stereocenters. The fraction of sp³-hybridized carbons (Fsp3) is 0.423. The number of amides is 2. The molecule has 2 aromatic carbocycles. The van der Waals surface area contributed by atoms with Gasteiger partial charge in [0.25, 0.3) is 11.8 Å². The van der Waals surface area contributed by atoms with E-state index in [0.717, 1.165) is 47.4 Å². The summed E-state index contributed by atoms with van der Waals surface area (Å²) in [5.41, 5.74) is 5.44. The van der Waals surface area contributed by atoms with Crippen LogP contribution in [0.1, 0.15) is 48.8 Å². The Labute approximate surface area is 213 Å². The van der Waals surface area contributed by atoms with Gasteiger partial charge < -0.3 is 10.1 Å². The molecule has 1 aliphatic rings. The van der Waals surface area contributed by atoms with Gasteiger partial charge in [-0.3, -0.25) is 13.9 Å². The minimum Gasteiger partial charge on any atom is -0.484 e. The number of benzene rings is 2. The number of carbonyl (C=O) groups excluding carboxylic acids is 2. The van der Waals surface area contributed by atoms with E-state index in [-0.39, 0.29) is 18.6 Å². The Morgan fingerprint density at radius 3 is 2.36 bits per heavy atom. The van der Waals surface area contributed by atoms with E-state index in [1.165, 1.54) is 12.6 Å². The largest absolute Gasteiger partial charge is 0.484 e. The van der Waals surface area contributed by atoms with Crippen LogP contribution in [0.15, 0.2) is 47.6 Å². The van der Waals surface area contributed by atoms with Crippen LogP contribution in [0.25, 0.3) is 0 Å². The second-order valence-corrected chi connectivity index (χ2v) is 11.0. The molecule has 0 radical (unpaired) electrons. The Balaban J connectivity index is 1.48. The van der Waals surface area contributed by atoms with Crippen LogP contribution in [0.5, 0.6) is 5.75 Å². The lowest BCUT2D eigenvalue weighted by Crippen LogP contribution is -2.39. The highest BCUT2D eigenvalue weighted by molar-refractivity contribution is 7.92. The molecule has 9 nitrogen and oxygen atoms in total. The third-order valence-corrected chi connectivity index (χ3v) is 7.23. The molecule has 1 saturated carbocycles. The van der Waals surface area contributed by atoms with Gasteiger partial charge in [0.15, 0.2) is 6.61 Å². The summed E-state index contributed by atoms with van der Waals surface area (Å²) in [6, 6.07) is 12.4. The molecule has 0 saturated heterocycles.